The van der Waals surface area contributed by atoms with Crippen LogP contribution in [-0.2, 0) is 13.0 Å². The van der Waals surface area contributed by atoms with E-state index in [1.54, 1.807) is 19.2 Å². The number of aromatic carboxylic acids is 1. The minimum Gasteiger partial charge on any atom is -0.497 e. The number of amides is 2. The highest BCUT2D eigenvalue weighted by atomic mass is 16.5. The first-order valence-corrected chi connectivity index (χ1v) is 10.9. The van der Waals surface area contributed by atoms with Crippen LogP contribution in [0.15, 0.2) is 78.9 Å². The highest BCUT2D eigenvalue weighted by Gasteiger charge is 2.22. The molecule has 0 heterocycles. The summed E-state index contributed by atoms with van der Waals surface area (Å²) >= 11 is 0. The van der Waals surface area contributed by atoms with Crippen molar-refractivity contribution in [2.24, 2.45) is 0 Å². The number of para-hydroxylation sites is 1. The number of aliphatic hydroxyl groups is 1. The molecule has 8 heteroatoms. The maximum Gasteiger partial charge on any atom is 0.337 e. The van der Waals surface area contributed by atoms with Gasteiger partial charge in [-0.25, -0.2) is 9.59 Å². The van der Waals surface area contributed by atoms with Gasteiger partial charge in [-0.2, -0.15) is 0 Å². The lowest BCUT2D eigenvalue weighted by Gasteiger charge is -2.25. The molecule has 0 aromatic heterocycles. The lowest BCUT2D eigenvalue weighted by Crippen LogP contribution is -2.50. The molecule has 34 heavy (non-hydrogen) atoms. The fraction of sp³-hybridized carbons (Fsp3) is 0.231. The number of hydrogen-bond acceptors (Lipinski definition) is 5. The Morgan fingerprint density at radius 1 is 0.941 bits per heavy atom. The van der Waals surface area contributed by atoms with Crippen molar-refractivity contribution < 1.29 is 24.5 Å². The molecule has 0 aliphatic carbocycles. The van der Waals surface area contributed by atoms with Gasteiger partial charge in [0, 0.05) is 13.1 Å². The van der Waals surface area contributed by atoms with Crippen molar-refractivity contribution in [2.75, 3.05) is 19.0 Å². The average molecular weight is 464 g/mol. The molecule has 0 aliphatic rings. The fourth-order valence-corrected chi connectivity index (χ4v) is 3.55. The van der Waals surface area contributed by atoms with E-state index in [9.17, 15) is 19.8 Å². The van der Waals surface area contributed by atoms with Crippen LogP contribution in [0.25, 0.3) is 0 Å². The number of urea groups is 1. The van der Waals surface area contributed by atoms with Gasteiger partial charge in [0.2, 0.25) is 0 Å². The minimum atomic E-state index is -1.14. The molecule has 8 nitrogen and oxygen atoms in total. The van der Waals surface area contributed by atoms with E-state index in [-0.39, 0.29) is 17.8 Å². The lowest BCUT2D eigenvalue weighted by molar-refractivity contribution is 0.0698. The first-order valence-electron chi connectivity index (χ1n) is 10.9. The zero-order chi connectivity index (χ0) is 24.3. The highest BCUT2D eigenvalue weighted by Crippen LogP contribution is 2.15. The second kappa shape index (κ2) is 12.4. The number of hydrogen-bond donors (Lipinski definition) is 5. The predicted octanol–water partition coefficient (Wildman–Crippen LogP) is 3.28. The second-order valence-electron chi connectivity index (χ2n) is 7.80. The largest absolute Gasteiger partial charge is 0.497 e. The molecule has 2 atom stereocenters. The van der Waals surface area contributed by atoms with Crippen LogP contribution in [-0.4, -0.2) is 48.0 Å². The van der Waals surface area contributed by atoms with Crippen molar-refractivity contribution in [1.82, 2.24) is 10.6 Å². The number of carbonyl (C=O) groups is 2. The monoisotopic (exact) mass is 463 g/mol. The topological polar surface area (TPSA) is 120 Å². The molecule has 3 aromatic rings. The average Bonchev–Trinajstić information content (AvgIpc) is 2.84. The molecule has 0 aliphatic heterocycles. The third-order valence-corrected chi connectivity index (χ3v) is 5.30. The smallest absolute Gasteiger partial charge is 0.337 e. The van der Waals surface area contributed by atoms with Gasteiger partial charge in [-0.3, -0.25) is 0 Å². The summed E-state index contributed by atoms with van der Waals surface area (Å²) < 4.78 is 5.23. The van der Waals surface area contributed by atoms with Gasteiger partial charge < -0.3 is 30.9 Å². The molecule has 178 valence electrons. The molecule has 0 radical (unpaired) electrons. The summed E-state index contributed by atoms with van der Waals surface area (Å²) in [4.78, 5) is 24.1. The van der Waals surface area contributed by atoms with Gasteiger partial charge >= 0.3 is 12.0 Å². The number of benzene rings is 3. The number of methoxy groups -OCH3 is 1. The summed E-state index contributed by atoms with van der Waals surface area (Å²) in [6, 6.07) is 22.1. The number of carbonyl (C=O) groups excluding carboxylic acids is 1. The molecule has 0 bridgehead atoms. The molecule has 2 amide bonds. The van der Waals surface area contributed by atoms with Crippen molar-refractivity contribution in [2.45, 2.75) is 25.1 Å². The first-order chi connectivity index (χ1) is 16.5. The summed E-state index contributed by atoms with van der Waals surface area (Å²) in [5, 5.41) is 28.8. The van der Waals surface area contributed by atoms with Crippen molar-refractivity contribution in [3.05, 3.63) is 95.6 Å². The van der Waals surface area contributed by atoms with Gasteiger partial charge in [0.25, 0.3) is 0 Å². The van der Waals surface area contributed by atoms with Gasteiger partial charge in [0.1, 0.15) is 5.75 Å². The van der Waals surface area contributed by atoms with Crippen LogP contribution >= 0.6 is 0 Å². The SMILES string of the molecule is COc1cccc(CNC[C@H](O)[C@H](Cc2ccccc2)NC(=O)Nc2ccccc2C(=O)O)c1. The third-order valence-electron chi connectivity index (χ3n) is 5.30. The number of carboxylic acid groups (broad SMARTS) is 1. The molecular weight excluding hydrogens is 434 g/mol. The minimum absolute atomic E-state index is 0.0160. The summed E-state index contributed by atoms with van der Waals surface area (Å²) in [5.41, 5.74) is 2.11. The lowest BCUT2D eigenvalue weighted by atomic mass is 10.0. The van der Waals surface area contributed by atoms with Gasteiger partial charge in [0.15, 0.2) is 0 Å². The quantitative estimate of drug-likeness (QED) is 0.298. The Balaban J connectivity index is 1.65. The Kier molecular flexibility index (Phi) is 9.02. The van der Waals surface area contributed by atoms with E-state index in [1.165, 1.54) is 12.1 Å². The Hall–Kier alpha value is -3.88. The zero-order valence-electron chi connectivity index (χ0n) is 18.9. The number of rotatable bonds is 11. The predicted molar refractivity (Wildman–Crippen MR) is 130 cm³/mol. The normalized spacial score (nSPS) is 12.4. The van der Waals surface area contributed by atoms with Crippen molar-refractivity contribution >= 4 is 17.7 Å². The van der Waals surface area contributed by atoms with E-state index in [4.69, 9.17) is 4.74 Å². The Morgan fingerprint density at radius 3 is 2.38 bits per heavy atom. The molecule has 0 saturated carbocycles. The number of nitrogens with one attached hydrogen (secondary N) is 3. The molecule has 0 fully saturated rings. The van der Waals surface area contributed by atoms with Gasteiger partial charge in [-0.15, -0.1) is 0 Å². The van der Waals surface area contributed by atoms with Crippen molar-refractivity contribution in [1.29, 1.82) is 0 Å². The van der Waals surface area contributed by atoms with Crippen molar-refractivity contribution in [3.63, 3.8) is 0 Å². The second-order valence-corrected chi connectivity index (χ2v) is 7.80. The van der Waals surface area contributed by atoms with Gasteiger partial charge in [-0.05, 0) is 41.8 Å². The maximum atomic E-state index is 12.7. The number of aliphatic hydroxyl groups excluding tert-OH is 1. The summed E-state index contributed by atoms with van der Waals surface area (Å²) in [5.74, 6) is -0.389. The van der Waals surface area contributed by atoms with Crippen LogP contribution < -0.4 is 20.7 Å². The summed E-state index contributed by atoms with van der Waals surface area (Å²) in [6.07, 6.45) is -0.497. The van der Waals surface area contributed by atoms with Crippen LogP contribution in [0, 0.1) is 0 Å². The van der Waals surface area contributed by atoms with Crippen LogP contribution in [0.5, 0.6) is 5.75 Å². The van der Waals surface area contributed by atoms with E-state index in [2.05, 4.69) is 16.0 Å². The van der Waals surface area contributed by atoms with E-state index in [1.807, 2.05) is 54.6 Å². The van der Waals surface area contributed by atoms with E-state index in [0.29, 0.717) is 13.0 Å². The van der Waals surface area contributed by atoms with Crippen LogP contribution in [0.2, 0.25) is 0 Å². The zero-order valence-corrected chi connectivity index (χ0v) is 18.9. The van der Waals surface area contributed by atoms with Gasteiger partial charge in [-0.1, -0.05) is 54.6 Å². The standard InChI is InChI=1S/C26H29N3O5/c1-34-20-11-7-10-19(14-20)16-27-17-24(30)23(15-18-8-3-2-4-9-18)29-26(33)28-22-13-6-5-12-21(22)25(31)32/h2-14,23-24,27,30H,15-17H2,1H3,(H,31,32)(H2,28,29,33)/t23-,24-/m0/s1. The first kappa shape index (κ1) is 24.8. The summed E-state index contributed by atoms with van der Waals surface area (Å²) in [6.45, 7) is 0.755. The fourth-order valence-electron chi connectivity index (χ4n) is 3.55. The summed E-state index contributed by atoms with van der Waals surface area (Å²) in [7, 11) is 1.61. The maximum absolute atomic E-state index is 12.7. The third kappa shape index (κ3) is 7.33. The molecule has 3 aromatic carbocycles. The van der Waals surface area contributed by atoms with E-state index >= 15 is 0 Å². The molecule has 0 unspecified atom stereocenters. The molecule has 5 N–H and O–H groups in total. The molecular formula is C26H29N3O5. The van der Waals surface area contributed by atoms with Crippen LogP contribution in [0.1, 0.15) is 21.5 Å². The van der Waals surface area contributed by atoms with Crippen LogP contribution in [0.3, 0.4) is 0 Å². The number of anilines is 1. The number of ether oxygens (including phenoxy) is 1. The van der Waals surface area contributed by atoms with Crippen LogP contribution in [0.4, 0.5) is 10.5 Å². The molecule has 3 rings (SSSR count). The van der Waals surface area contributed by atoms with E-state index < -0.39 is 24.1 Å². The van der Waals surface area contributed by atoms with Gasteiger partial charge in [0.05, 0.1) is 30.5 Å². The number of carboxylic acids is 1. The Morgan fingerprint density at radius 2 is 1.65 bits per heavy atom. The Labute approximate surface area is 198 Å². The molecule has 0 spiro atoms. The molecule has 0 saturated heterocycles. The van der Waals surface area contributed by atoms with E-state index in [0.717, 1.165) is 16.9 Å². The highest BCUT2D eigenvalue weighted by molar-refractivity contribution is 6.00. The van der Waals surface area contributed by atoms with Crippen molar-refractivity contribution in [3.8, 4) is 5.75 Å². The Bertz CT molecular complexity index is 1090.